The average Bonchev–Trinajstić information content (AvgIpc) is 3.40. The average molecular weight is 477 g/mol. The highest BCUT2D eigenvalue weighted by Crippen LogP contribution is 2.29. The molecule has 1 saturated heterocycles. The highest BCUT2D eigenvalue weighted by Gasteiger charge is 2.24. The van der Waals surface area contributed by atoms with Crippen LogP contribution in [-0.4, -0.2) is 53.0 Å². The van der Waals surface area contributed by atoms with E-state index in [0.29, 0.717) is 47.6 Å². The quantitative estimate of drug-likeness (QED) is 0.544. The standard InChI is InChI=1S/C27H29FN4O3/c28-23-8-4-3-7-19(23)17-31-11-13-32(14-12-31)25-16-22(27(34)35)21-15-20(9-10-24(21)30-25)29-26(33)18-5-1-2-6-18/h3-4,7-10,15-16,18H,1-2,5-6,11-14,17H2,(H,29,33)(H,34,35). The molecule has 1 aliphatic heterocycles. The molecule has 2 aliphatic rings. The molecule has 2 aromatic carbocycles. The number of piperazine rings is 1. The first-order valence-corrected chi connectivity index (χ1v) is 12.2. The molecule has 0 radical (unpaired) electrons. The largest absolute Gasteiger partial charge is 0.478 e. The van der Waals surface area contributed by atoms with Crippen LogP contribution < -0.4 is 10.2 Å². The third kappa shape index (κ3) is 5.12. The molecule has 2 fully saturated rings. The Labute approximate surface area is 203 Å². The smallest absolute Gasteiger partial charge is 0.336 e. The van der Waals surface area contributed by atoms with E-state index in [9.17, 15) is 19.1 Å². The SMILES string of the molecule is O=C(O)c1cc(N2CCN(Cc3ccccc3F)CC2)nc2ccc(NC(=O)C3CCCC3)cc12. The zero-order valence-electron chi connectivity index (χ0n) is 19.5. The lowest BCUT2D eigenvalue weighted by Gasteiger charge is -2.35. The number of nitrogens with zero attached hydrogens (tertiary/aromatic N) is 3. The molecule has 1 aromatic heterocycles. The first-order chi connectivity index (χ1) is 17.0. The number of hydrogen-bond donors (Lipinski definition) is 2. The zero-order valence-corrected chi connectivity index (χ0v) is 19.5. The van der Waals surface area contributed by atoms with E-state index < -0.39 is 5.97 Å². The van der Waals surface area contributed by atoms with Gasteiger partial charge in [0.1, 0.15) is 11.6 Å². The molecule has 35 heavy (non-hydrogen) atoms. The first kappa shape index (κ1) is 23.2. The van der Waals surface area contributed by atoms with Crippen molar-refractivity contribution >= 4 is 34.3 Å². The van der Waals surface area contributed by atoms with Crippen LogP contribution in [0.1, 0.15) is 41.6 Å². The Hall–Kier alpha value is -3.52. The van der Waals surface area contributed by atoms with E-state index >= 15 is 0 Å². The minimum absolute atomic E-state index is 0.00319. The number of halogens is 1. The van der Waals surface area contributed by atoms with Crippen molar-refractivity contribution in [3.63, 3.8) is 0 Å². The van der Waals surface area contributed by atoms with Crippen LogP contribution in [-0.2, 0) is 11.3 Å². The van der Waals surface area contributed by atoms with Crippen LogP contribution in [0.2, 0.25) is 0 Å². The molecule has 5 rings (SSSR count). The lowest BCUT2D eigenvalue weighted by molar-refractivity contribution is -0.119. The van der Waals surface area contributed by atoms with Gasteiger partial charge in [0, 0.05) is 55.3 Å². The summed E-state index contributed by atoms with van der Waals surface area (Å²) in [7, 11) is 0. The van der Waals surface area contributed by atoms with Gasteiger partial charge in [-0.1, -0.05) is 31.0 Å². The second-order valence-electron chi connectivity index (χ2n) is 9.39. The molecule has 1 aliphatic carbocycles. The molecule has 2 heterocycles. The van der Waals surface area contributed by atoms with E-state index in [-0.39, 0.29) is 23.2 Å². The number of carboxylic acids is 1. The summed E-state index contributed by atoms with van der Waals surface area (Å²) in [5.41, 5.74) is 2.00. The summed E-state index contributed by atoms with van der Waals surface area (Å²) in [4.78, 5) is 33.6. The number of benzene rings is 2. The van der Waals surface area contributed by atoms with Gasteiger partial charge in [0.25, 0.3) is 0 Å². The zero-order chi connectivity index (χ0) is 24.4. The maximum atomic E-state index is 14.0. The molecular weight excluding hydrogens is 447 g/mol. The van der Waals surface area contributed by atoms with Crippen molar-refractivity contribution in [3.05, 3.63) is 65.5 Å². The summed E-state index contributed by atoms with van der Waals surface area (Å²) in [6.07, 6.45) is 3.95. The number of hydrogen-bond acceptors (Lipinski definition) is 5. The number of aromatic nitrogens is 1. The minimum Gasteiger partial charge on any atom is -0.478 e. The fourth-order valence-corrected chi connectivity index (χ4v) is 5.06. The molecule has 8 heteroatoms. The van der Waals surface area contributed by atoms with Gasteiger partial charge in [-0.15, -0.1) is 0 Å². The van der Waals surface area contributed by atoms with Gasteiger partial charge < -0.3 is 15.3 Å². The lowest BCUT2D eigenvalue weighted by Crippen LogP contribution is -2.46. The van der Waals surface area contributed by atoms with Crippen LogP contribution in [0.5, 0.6) is 0 Å². The van der Waals surface area contributed by atoms with Gasteiger partial charge in [0.2, 0.25) is 5.91 Å². The van der Waals surface area contributed by atoms with Gasteiger partial charge in [-0.3, -0.25) is 9.69 Å². The van der Waals surface area contributed by atoms with Crippen LogP contribution in [0.4, 0.5) is 15.9 Å². The molecule has 0 bridgehead atoms. The Kier molecular flexibility index (Phi) is 6.63. The molecule has 0 spiro atoms. The minimum atomic E-state index is -1.03. The fourth-order valence-electron chi connectivity index (χ4n) is 5.06. The van der Waals surface area contributed by atoms with Gasteiger partial charge in [-0.2, -0.15) is 0 Å². The van der Waals surface area contributed by atoms with Gasteiger partial charge in [-0.25, -0.2) is 14.2 Å². The second-order valence-corrected chi connectivity index (χ2v) is 9.39. The highest BCUT2D eigenvalue weighted by molar-refractivity contribution is 6.05. The fraction of sp³-hybridized carbons (Fsp3) is 0.370. The van der Waals surface area contributed by atoms with Crippen LogP contribution >= 0.6 is 0 Å². The molecule has 182 valence electrons. The number of carboxylic acid groups (broad SMARTS) is 1. The normalized spacial score (nSPS) is 17.1. The molecule has 7 nitrogen and oxygen atoms in total. The predicted octanol–water partition coefficient (Wildman–Crippen LogP) is 4.52. The summed E-state index contributed by atoms with van der Waals surface area (Å²) in [6.45, 7) is 3.33. The summed E-state index contributed by atoms with van der Waals surface area (Å²) in [5.74, 6) is -0.589. The van der Waals surface area contributed by atoms with Crippen molar-refractivity contribution in [2.45, 2.75) is 32.2 Å². The summed E-state index contributed by atoms with van der Waals surface area (Å²) in [6, 6.07) is 13.7. The topological polar surface area (TPSA) is 85.8 Å². The molecule has 0 atom stereocenters. The van der Waals surface area contributed by atoms with Gasteiger partial charge in [0.15, 0.2) is 0 Å². The van der Waals surface area contributed by atoms with E-state index in [2.05, 4.69) is 15.1 Å². The molecule has 1 amide bonds. The molecule has 0 unspecified atom stereocenters. The number of carbonyl (C=O) groups is 2. The number of fused-ring (bicyclic) bond motifs is 1. The Morgan fingerprint density at radius 2 is 1.77 bits per heavy atom. The van der Waals surface area contributed by atoms with Crippen molar-refractivity contribution < 1.29 is 19.1 Å². The number of anilines is 2. The third-order valence-corrected chi connectivity index (χ3v) is 7.07. The first-order valence-electron chi connectivity index (χ1n) is 12.2. The second kappa shape index (κ2) is 10.00. The maximum absolute atomic E-state index is 14.0. The van der Waals surface area contributed by atoms with Gasteiger partial charge in [0.05, 0.1) is 11.1 Å². The number of rotatable bonds is 6. The van der Waals surface area contributed by atoms with E-state index in [0.717, 1.165) is 38.8 Å². The Morgan fingerprint density at radius 1 is 1.03 bits per heavy atom. The Morgan fingerprint density at radius 3 is 2.49 bits per heavy atom. The van der Waals surface area contributed by atoms with Gasteiger partial charge in [-0.05, 0) is 43.2 Å². The molecule has 1 saturated carbocycles. The van der Waals surface area contributed by atoms with Crippen molar-refractivity contribution in [2.75, 3.05) is 36.4 Å². The van der Waals surface area contributed by atoms with E-state index in [1.165, 1.54) is 6.07 Å². The van der Waals surface area contributed by atoms with E-state index in [4.69, 9.17) is 4.98 Å². The number of pyridine rings is 1. The van der Waals surface area contributed by atoms with Crippen LogP contribution in [0.3, 0.4) is 0 Å². The van der Waals surface area contributed by atoms with Crippen LogP contribution in [0.15, 0.2) is 48.5 Å². The third-order valence-electron chi connectivity index (χ3n) is 7.07. The number of aromatic carboxylic acids is 1. The summed E-state index contributed by atoms with van der Waals surface area (Å²) in [5, 5.41) is 13.4. The summed E-state index contributed by atoms with van der Waals surface area (Å²) < 4.78 is 14.0. The van der Waals surface area contributed by atoms with Crippen LogP contribution in [0.25, 0.3) is 10.9 Å². The van der Waals surface area contributed by atoms with Crippen LogP contribution in [0, 0.1) is 11.7 Å². The lowest BCUT2D eigenvalue weighted by atomic mass is 10.1. The predicted molar refractivity (Wildman–Crippen MR) is 133 cm³/mol. The molecule has 3 aromatic rings. The van der Waals surface area contributed by atoms with Crippen molar-refractivity contribution in [2.24, 2.45) is 5.92 Å². The van der Waals surface area contributed by atoms with E-state index in [1.807, 2.05) is 6.07 Å². The van der Waals surface area contributed by atoms with E-state index in [1.54, 1.807) is 36.4 Å². The monoisotopic (exact) mass is 476 g/mol. The van der Waals surface area contributed by atoms with Gasteiger partial charge >= 0.3 is 5.97 Å². The Bertz CT molecular complexity index is 1250. The summed E-state index contributed by atoms with van der Waals surface area (Å²) >= 11 is 0. The Balaban J connectivity index is 1.32. The van der Waals surface area contributed by atoms with Crippen molar-refractivity contribution in [3.8, 4) is 0 Å². The molecular formula is C27H29FN4O3. The highest BCUT2D eigenvalue weighted by atomic mass is 19.1. The van der Waals surface area contributed by atoms with Crippen molar-refractivity contribution in [1.29, 1.82) is 0 Å². The molecule has 2 N–H and O–H groups in total. The number of nitrogens with one attached hydrogen (secondary N) is 1. The number of carbonyl (C=O) groups excluding carboxylic acids is 1. The maximum Gasteiger partial charge on any atom is 0.336 e. The number of amides is 1. The van der Waals surface area contributed by atoms with Crippen molar-refractivity contribution in [1.82, 2.24) is 9.88 Å².